The Hall–Kier alpha value is -2.25. The van der Waals surface area contributed by atoms with E-state index in [4.69, 9.17) is 4.52 Å². The summed E-state index contributed by atoms with van der Waals surface area (Å²) in [5.41, 5.74) is 2.17. The highest BCUT2D eigenvalue weighted by atomic mass is 16.5. The fourth-order valence-electron chi connectivity index (χ4n) is 2.77. The summed E-state index contributed by atoms with van der Waals surface area (Å²) >= 11 is 0. The third-order valence-electron chi connectivity index (χ3n) is 4.46. The van der Waals surface area contributed by atoms with E-state index in [2.05, 4.69) is 26.9 Å². The number of nitrogens with zero attached hydrogens (tertiary/aromatic N) is 5. The first-order valence-corrected chi connectivity index (χ1v) is 8.56. The molecule has 2 aromatic rings. The van der Waals surface area contributed by atoms with Crippen LogP contribution in [0.25, 0.3) is 11.4 Å². The van der Waals surface area contributed by atoms with Gasteiger partial charge in [-0.25, -0.2) is 0 Å². The smallest absolute Gasteiger partial charge is 0.241 e. The molecule has 0 bridgehead atoms. The topological polar surface area (TPSA) is 65.7 Å². The Morgan fingerprint density at radius 1 is 1.12 bits per heavy atom. The molecule has 1 amide bonds. The van der Waals surface area contributed by atoms with E-state index in [0.29, 0.717) is 24.8 Å². The lowest BCUT2D eigenvalue weighted by Crippen LogP contribution is -2.48. The van der Waals surface area contributed by atoms with Gasteiger partial charge in [0.2, 0.25) is 17.6 Å². The lowest BCUT2D eigenvalue weighted by atomic mass is 10.1. The Balaban J connectivity index is 1.51. The summed E-state index contributed by atoms with van der Waals surface area (Å²) in [6.07, 6.45) is 0. The van der Waals surface area contributed by atoms with Gasteiger partial charge in [0, 0.05) is 45.8 Å². The molecule has 2 heterocycles. The second-order valence-corrected chi connectivity index (χ2v) is 6.72. The van der Waals surface area contributed by atoms with Gasteiger partial charge in [0.15, 0.2) is 0 Å². The van der Waals surface area contributed by atoms with Gasteiger partial charge in [0.05, 0.1) is 13.1 Å². The summed E-state index contributed by atoms with van der Waals surface area (Å²) in [7, 11) is 3.58. The quantitative estimate of drug-likeness (QED) is 0.814. The molecule has 7 heteroatoms. The van der Waals surface area contributed by atoms with Gasteiger partial charge in [-0.2, -0.15) is 4.98 Å². The zero-order chi connectivity index (χ0) is 17.8. The van der Waals surface area contributed by atoms with Crippen molar-refractivity contribution >= 4 is 5.91 Å². The van der Waals surface area contributed by atoms with Crippen LogP contribution in [0.3, 0.4) is 0 Å². The van der Waals surface area contributed by atoms with Crippen LogP contribution in [0, 0.1) is 6.92 Å². The molecular formula is C18H25N5O2. The zero-order valence-corrected chi connectivity index (χ0v) is 15.1. The van der Waals surface area contributed by atoms with Gasteiger partial charge in [-0.3, -0.25) is 14.6 Å². The number of aromatic nitrogens is 2. The van der Waals surface area contributed by atoms with Gasteiger partial charge in [-0.1, -0.05) is 35.0 Å². The number of hydrogen-bond acceptors (Lipinski definition) is 6. The van der Waals surface area contributed by atoms with E-state index < -0.39 is 0 Å². The van der Waals surface area contributed by atoms with Gasteiger partial charge in [0.25, 0.3) is 0 Å². The average Bonchev–Trinajstić information content (AvgIpc) is 3.05. The van der Waals surface area contributed by atoms with Gasteiger partial charge in [0.1, 0.15) is 0 Å². The van der Waals surface area contributed by atoms with Gasteiger partial charge in [-0.05, 0) is 6.92 Å². The molecule has 1 aromatic carbocycles. The van der Waals surface area contributed by atoms with Crippen molar-refractivity contribution in [3.05, 3.63) is 35.7 Å². The molecule has 0 spiro atoms. The van der Waals surface area contributed by atoms with Crippen molar-refractivity contribution in [2.24, 2.45) is 0 Å². The number of benzene rings is 1. The highest BCUT2D eigenvalue weighted by Gasteiger charge is 2.21. The standard InChI is InChI=1S/C18H25N5O2/c1-14-4-6-15(7-5-14)18-19-16(25-20-18)12-22-8-10-23(11-9-22)13-17(24)21(2)3/h4-7H,8-13H2,1-3H3. The van der Waals surface area contributed by atoms with Crippen LogP contribution < -0.4 is 0 Å². The maximum Gasteiger partial charge on any atom is 0.241 e. The molecule has 7 nitrogen and oxygen atoms in total. The van der Waals surface area contributed by atoms with Crippen LogP contribution in [-0.4, -0.2) is 77.6 Å². The lowest BCUT2D eigenvalue weighted by molar-refractivity contribution is -0.130. The number of carbonyl (C=O) groups excluding carboxylic acids is 1. The fourth-order valence-corrected chi connectivity index (χ4v) is 2.77. The van der Waals surface area contributed by atoms with Crippen LogP contribution in [0.15, 0.2) is 28.8 Å². The summed E-state index contributed by atoms with van der Waals surface area (Å²) in [5.74, 6) is 1.41. The van der Waals surface area contributed by atoms with Gasteiger partial charge < -0.3 is 9.42 Å². The third-order valence-corrected chi connectivity index (χ3v) is 4.46. The molecular weight excluding hydrogens is 318 g/mol. The van der Waals surface area contributed by atoms with Crippen LogP contribution in [0.1, 0.15) is 11.5 Å². The average molecular weight is 343 g/mol. The zero-order valence-electron chi connectivity index (χ0n) is 15.1. The van der Waals surface area contributed by atoms with Crippen molar-refractivity contribution < 1.29 is 9.32 Å². The van der Waals surface area contributed by atoms with Crippen LogP contribution in [0.5, 0.6) is 0 Å². The fraction of sp³-hybridized carbons (Fsp3) is 0.500. The van der Waals surface area contributed by atoms with E-state index in [1.165, 1.54) is 5.56 Å². The second-order valence-electron chi connectivity index (χ2n) is 6.72. The van der Waals surface area contributed by atoms with E-state index in [1.807, 2.05) is 24.3 Å². The van der Waals surface area contributed by atoms with Crippen molar-refractivity contribution in [2.75, 3.05) is 46.8 Å². The van der Waals surface area contributed by atoms with Crippen molar-refractivity contribution in [3.8, 4) is 11.4 Å². The van der Waals surface area contributed by atoms with Crippen LogP contribution >= 0.6 is 0 Å². The molecule has 1 aliphatic heterocycles. The first kappa shape index (κ1) is 17.6. The van der Waals surface area contributed by atoms with E-state index in [9.17, 15) is 4.79 Å². The van der Waals surface area contributed by atoms with E-state index in [0.717, 1.165) is 31.7 Å². The first-order valence-electron chi connectivity index (χ1n) is 8.56. The van der Waals surface area contributed by atoms with Crippen LogP contribution in [-0.2, 0) is 11.3 Å². The number of aryl methyl sites for hydroxylation is 1. The van der Waals surface area contributed by atoms with Crippen molar-refractivity contribution in [2.45, 2.75) is 13.5 Å². The lowest BCUT2D eigenvalue weighted by Gasteiger charge is -2.33. The molecule has 0 unspecified atom stereocenters. The molecule has 1 saturated heterocycles. The third kappa shape index (κ3) is 4.64. The predicted octanol–water partition coefficient (Wildman–Crippen LogP) is 1.25. The number of likely N-dealkylation sites (N-methyl/N-ethyl adjacent to an activating group) is 1. The molecule has 0 radical (unpaired) electrons. The molecule has 25 heavy (non-hydrogen) atoms. The minimum Gasteiger partial charge on any atom is -0.348 e. The molecule has 0 N–H and O–H groups in total. The number of piperazine rings is 1. The Kier molecular flexibility index (Phi) is 5.45. The van der Waals surface area contributed by atoms with Gasteiger partial charge >= 0.3 is 0 Å². The molecule has 0 aliphatic carbocycles. The van der Waals surface area contributed by atoms with Crippen molar-refractivity contribution in [1.82, 2.24) is 24.8 Å². The molecule has 0 atom stereocenters. The van der Waals surface area contributed by atoms with Crippen molar-refractivity contribution in [3.63, 3.8) is 0 Å². The Morgan fingerprint density at radius 3 is 2.40 bits per heavy atom. The number of amides is 1. The molecule has 1 aromatic heterocycles. The minimum atomic E-state index is 0.146. The summed E-state index contributed by atoms with van der Waals surface area (Å²) < 4.78 is 5.40. The number of hydrogen-bond donors (Lipinski definition) is 0. The molecule has 0 saturated carbocycles. The summed E-state index contributed by atoms with van der Waals surface area (Å²) in [6, 6.07) is 8.09. The Morgan fingerprint density at radius 2 is 1.76 bits per heavy atom. The summed E-state index contributed by atoms with van der Waals surface area (Å²) in [5, 5.41) is 4.08. The second kappa shape index (κ2) is 7.76. The Labute approximate surface area is 148 Å². The van der Waals surface area contributed by atoms with Crippen LogP contribution in [0.2, 0.25) is 0 Å². The molecule has 3 rings (SSSR count). The number of rotatable bonds is 5. The largest absolute Gasteiger partial charge is 0.348 e. The van der Waals surface area contributed by atoms with E-state index in [-0.39, 0.29) is 5.91 Å². The minimum absolute atomic E-state index is 0.146. The summed E-state index contributed by atoms with van der Waals surface area (Å²) in [4.78, 5) is 22.4. The monoisotopic (exact) mass is 343 g/mol. The normalized spacial score (nSPS) is 16.1. The van der Waals surface area contributed by atoms with Crippen molar-refractivity contribution in [1.29, 1.82) is 0 Å². The molecule has 134 valence electrons. The predicted molar refractivity (Wildman–Crippen MR) is 94.9 cm³/mol. The number of carbonyl (C=O) groups is 1. The molecule has 1 fully saturated rings. The van der Waals surface area contributed by atoms with Crippen LogP contribution in [0.4, 0.5) is 0 Å². The Bertz CT molecular complexity index is 703. The maximum atomic E-state index is 11.8. The van der Waals surface area contributed by atoms with Gasteiger partial charge in [-0.15, -0.1) is 0 Å². The summed E-state index contributed by atoms with van der Waals surface area (Å²) in [6.45, 7) is 6.72. The first-order chi connectivity index (χ1) is 12.0. The van der Waals surface area contributed by atoms with E-state index >= 15 is 0 Å². The maximum absolute atomic E-state index is 11.8. The highest BCUT2D eigenvalue weighted by Crippen LogP contribution is 2.17. The molecule has 1 aliphatic rings. The highest BCUT2D eigenvalue weighted by molar-refractivity contribution is 5.77. The SMILES string of the molecule is Cc1ccc(-c2noc(CN3CCN(CC(=O)N(C)C)CC3)n2)cc1. The van der Waals surface area contributed by atoms with E-state index in [1.54, 1.807) is 19.0 Å².